The van der Waals surface area contributed by atoms with Crippen molar-refractivity contribution in [2.24, 2.45) is 0 Å². The average molecular weight is 537 g/mol. The summed E-state index contributed by atoms with van der Waals surface area (Å²) in [5.41, 5.74) is 4.45. The zero-order valence-electron chi connectivity index (χ0n) is 22.2. The number of hydrogen-bond acceptors (Lipinski definition) is 8. The van der Waals surface area contributed by atoms with Crippen molar-refractivity contribution in [3.05, 3.63) is 120 Å². The van der Waals surface area contributed by atoms with Crippen LogP contribution in [0, 0.1) is 0 Å². The number of aromatic nitrogens is 2. The third-order valence-electron chi connectivity index (χ3n) is 5.73. The zero-order chi connectivity index (χ0) is 28.2. The predicted octanol–water partition coefficient (Wildman–Crippen LogP) is 5.67. The van der Waals surface area contributed by atoms with Gasteiger partial charge < -0.3 is 18.9 Å². The number of esters is 2. The van der Waals surface area contributed by atoms with E-state index < -0.39 is 11.9 Å². The van der Waals surface area contributed by atoms with Crippen molar-refractivity contribution in [2.75, 3.05) is 14.2 Å². The molecule has 202 valence electrons. The maximum Gasteiger partial charge on any atom is 0.331 e. The number of ether oxygens (including phenoxy) is 4. The van der Waals surface area contributed by atoms with Crippen LogP contribution in [0.5, 0.6) is 11.5 Å². The van der Waals surface area contributed by atoms with Crippen LogP contribution in [0.15, 0.2) is 97.3 Å². The first-order chi connectivity index (χ1) is 19.5. The number of hydrogen-bond donors (Lipinski definition) is 0. The van der Waals surface area contributed by atoms with Crippen molar-refractivity contribution in [3.63, 3.8) is 0 Å². The predicted molar refractivity (Wildman–Crippen MR) is 151 cm³/mol. The highest BCUT2D eigenvalue weighted by molar-refractivity contribution is 5.87. The van der Waals surface area contributed by atoms with Gasteiger partial charge in [-0.1, -0.05) is 24.3 Å². The summed E-state index contributed by atoms with van der Waals surface area (Å²) < 4.78 is 21.0. The van der Waals surface area contributed by atoms with Crippen LogP contribution in [0.2, 0.25) is 0 Å². The molecule has 0 spiro atoms. The highest BCUT2D eigenvalue weighted by Crippen LogP contribution is 2.18. The molecule has 0 saturated heterocycles. The molecule has 40 heavy (non-hydrogen) atoms. The van der Waals surface area contributed by atoms with Gasteiger partial charge in [-0.05, 0) is 82.9 Å². The second kappa shape index (κ2) is 14.1. The highest BCUT2D eigenvalue weighted by Gasteiger charge is 2.07. The largest absolute Gasteiger partial charge is 0.497 e. The summed E-state index contributed by atoms with van der Waals surface area (Å²) in [4.78, 5) is 33.1. The van der Waals surface area contributed by atoms with E-state index in [-0.39, 0.29) is 13.2 Å². The van der Waals surface area contributed by atoms with Gasteiger partial charge in [0.1, 0.15) is 24.7 Å². The van der Waals surface area contributed by atoms with Gasteiger partial charge in [0.15, 0.2) is 0 Å². The molecule has 2 aromatic carbocycles. The molecule has 0 aliphatic heterocycles. The molecule has 0 atom stereocenters. The van der Waals surface area contributed by atoms with Crippen LogP contribution in [-0.4, -0.2) is 36.1 Å². The molecule has 0 unspecified atom stereocenters. The van der Waals surface area contributed by atoms with E-state index >= 15 is 0 Å². The summed E-state index contributed by atoms with van der Waals surface area (Å²) in [6.07, 6.45) is 9.37. The maximum absolute atomic E-state index is 12.2. The summed E-state index contributed by atoms with van der Waals surface area (Å²) >= 11 is 0. The molecule has 2 aromatic heterocycles. The molecular weight excluding hydrogens is 508 g/mol. The van der Waals surface area contributed by atoms with Crippen LogP contribution in [0.1, 0.15) is 22.3 Å². The Labute approximate surface area is 232 Å². The number of rotatable bonds is 11. The lowest BCUT2D eigenvalue weighted by Crippen LogP contribution is -2.02. The summed E-state index contributed by atoms with van der Waals surface area (Å²) in [6, 6.07) is 21.8. The number of carbonyl (C=O) groups excluding carboxylic acids is 2. The third kappa shape index (κ3) is 8.39. The average Bonchev–Trinajstić information content (AvgIpc) is 3.01. The van der Waals surface area contributed by atoms with Crippen molar-refractivity contribution in [3.8, 4) is 22.9 Å². The molecule has 0 aliphatic rings. The number of pyridine rings is 2. The van der Waals surface area contributed by atoms with Gasteiger partial charge in [-0.3, -0.25) is 9.97 Å². The third-order valence-corrected chi connectivity index (χ3v) is 5.73. The van der Waals surface area contributed by atoms with Crippen molar-refractivity contribution in [1.82, 2.24) is 9.97 Å². The Kier molecular flexibility index (Phi) is 9.77. The summed E-state index contributed by atoms with van der Waals surface area (Å²) in [6.45, 7) is 0.165. The second-order valence-corrected chi connectivity index (χ2v) is 8.53. The van der Waals surface area contributed by atoms with E-state index in [9.17, 15) is 9.59 Å². The van der Waals surface area contributed by atoms with Crippen molar-refractivity contribution in [1.29, 1.82) is 0 Å². The minimum atomic E-state index is -0.461. The van der Waals surface area contributed by atoms with Crippen molar-refractivity contribution >= 4 is 24.1 Å². The molecule has 0 aliphatic carbocycles. The van der Waals surface area contributed by atoms with Crippen LogP contribution >= 0.6 is 0 Å². The lowest BCUT2D eigenvalue weighted by molar-refractivity contribution is -0.139. The van der Waals surface area contributed by atoms with Gasteiger partial charge in [0, 0.05) is 24.5 Å². The van der Waals surface area contributed by atoms with E-state index in [2.05, 4.69) is 9.97 Å². The first-order valence-electron chi connectivity index (χ1n) is 12.4. The lowest BCUT2D eigenvalue weighted by Gasteiger charge is -2.07. The SMILES string of the molecule is COc1ccc(/C=C/C(=O)OCc2ccnc(-c3cc(COC(=O)/C=C/c4ccc(OC)cc4)ccn3)c2)cc1. The van der Waals surface area contributed by atoms with Gasteiger partial charge in [-0.2, -0.15) is 0 Å². The van der Waals surface area contributed by atoms with Gasteiger partial charge in [0.2, 0.25) is 0 Å². The monoisotopic (exact) mass is 536 g/mol. The molecule has 2 heterocycles. The summed E-state index contributed by atoms with van der Waals surface area (Å²) in [5.74, 6) is 0.564. The fraction of sp³-hybridized carbons (Fsp3) is 0.125. The Hall–Kier alpha value is -5.24. The van der Waals surface area contributed by atoms with Gasteiger partial charge in [0.25, 0.3) is 0 Å². The van der Waals surface area contributed by atoms with E-state index in [1.807, 2.05) is 48.5 Å². The van der Waals surface area contributed by atoms with Crippen molar-refractivity contribution < 1.29 is 28.5 Å². The molecule has 0 radical (unpaired) electrons. The second-order valence-electron chi connectivity index (χ2n) is 8.53. The molecule has 0 N–H and O–H groups in total. The Balaban J connectivity index is 1.30. The molecular formula is C32H28N2O6. The molecule has 4 aromatic rings. The first kappa shape index (κ1) is 27.8. The zero-order valence-corrected chi connectivity index (χ0v) is 22.2. The molecule has 0 bridgehead atoms. The van der Waals surface area contributed by atoms with Gasteiger partial charge in [-0.15, -0.1) is 0 Å². The number of nitrogens with zero attached hydrogens (tertiary/aromatic N) is 2. The van der Waals surface area contributed by atoms with Gasteiger partial charge >= 0.3 is 11.9 Å². The molecule has 8 nitrogen and oxygen atoms in total. The van der Waals surface area contributed by atoms with E-state index in [0.717, 1.165) is 33.8 Å². The fourth-order valence-corrected chi connectivity index (χ4v) is 3.57. The normalized spacial score (nSPS) is 10.9. The maximum atomic E-state index is 12.2. The molecule has 8 heteroatoms. The van der Waals surface area contributed by atoms with E-state index in [0.29, 0.717) is 11.4 Å². The minimum Gasteiger partial charge on any atom is -0.497 e. The standard InChI is InChI=1S/C32H28N2O6/c1-37-27-9-3-23(4-10-27)7-13-31(35)39-21-25-15-17-33-29(19-25)30-20-26(16-18-34-30)22-40-32(36)14-8-24-5-11-28(38-2)12-6-24/h3-20H,21-22H2,1-2H3/b13-7+,14-8+. The Morgan fingerprint density at radius 2 is 1.02 bits per heavy atom. The Morgan fingerprint density at radius 3 is 1.40 bits per heavy atom. The smallest absolute Gasteiger partial charge is 0.331 e. The van der Waals surface area contributed by atoms with Crippen LogP contribution in [-0.2, 0) is 32.3 Å². The Morgan fingerprint density at radius 1 is 0.625 bits per heavy atom. The van der Waals surface area contributed by atoms with Gasteiger partial charge in [0.05, 0.1) is 25.6 Å². The van der Waals surface area contributed by atoms with Crippen LogP contribution in [0.4, 0.5) is 0 Å². The van der Waals surface area contributed by atoms with E-state index in [4.69, 9.17) is 18.9 Å². The summed E-state index contributed by atoms with van der Waals surface area (Å²) in [7, 11) is 3.20. The highest BCUT2D eigenvalue weighted by atomic mass is 16.5. The first-order valence-corrected chi connectivity index (χ1v) is 12.4. The van der Waals surface area contributed by atoms with Crippen LogP contribution in [0.25, 0.3) is 23.5 Å². The van der Waals surface area contributed by atoms with E-state index in [1.165, 1.54) is 12.2 Å². The quantitative estimate of drug-likeness (QED) is 0.179. The fourth-order valence-electron chi connectivity index (χ4n) is 3.57. The molecule has 0 saturated carbocycles. The van der Waals surface area contributed by atoms with Crippen LogP contribution < -0.4 is 9.47 Å². The minimum absolute atomic E-state index is 0.0825. The topological polar surface area (TPSA) is 96.8 Å². The Bertz CT molecular complexity index is 1380. The molecule has 0 amide bonds. The lowest BCUT2D eigenvalue weighted by atomic mass is 10.1. The number of carbonyl (C=O) groups is 2. The van der Waals surface area contributed by atoms with Crippen LogP contribution in [0.3, 0.4) is 0 Å². The number of benzene rings is 2. The van der Waals surface area contributed by atoms with E-state index in [1.54, 1.807) is 63.0 Å². The van der Waals surface area contributed by atoms with Gasteiger partial charge in [-0.25, -0.2) is 9.59 Å². The molecule has 0 fully saturated rings. The summed E-state index contributed by atoms with van der Waals surface area (Å²) in [5, 5.41) is 0. The molecule has 4 rings (SSSR count). The van der Waals surface area contributed by atoms with Crippen molar-refractivity contribution in [2.45, 2.75) is 13.2 Å². The number of methoxy groups -OCH3 is 2.